The van der Waals surface area contributed by atoms with Crippen molar-refractivity contribution < 1.29 is 29.6 Å². The van der Waals surface area contributed by atoms with Crippen LogP contribution < -0.4 is 5.32 Å². The normalized spacial score (nSPS) is 10.5. The van der Waals surface area contributed by atoms with Crippen LogP contribution in [-0.4, -0.2) is 38.8 Å². The number of benzene rings is 3. The highest BCUT2D eigenvalue weighted by Gasteiger charge is 2.16. The summed E-state index contributed by atoms with van der Waals surface area (Å²) in [7, 11) is 0. The molecule has 1 aromatic heterocycles. The average Bonchev–Trinajstić information content (AvgIpc) is 3.29. The Bertz CT molecular complexity index is 1280. The highest BCUT2D eigenvalue weighted by molar-refractivity contribution is 7.14. The summed E-state index contributed by atoms with van der Waals surface area (Å²) >= 11 is 1.23. The smallest absolute Gasteiger partial charge is 0.338 e. The molecule has 3 aromatic carbocycles. The molecular weight excluding hydrogens is 444 g/mol. The summed E-state index contributed by atoms with van der Waals surface area (Å²) in [6, 6.07) is 19.7. The molecule has 0 saturated heterocycles. The lowest BCUT2D eigenvalue weighted by atomic mass is 10.0. The minimum absolute atomic E-state index is 0.217. The highest BCUT2D eigenvalue weighted by atomic mass is 32.1. The number of nitrogens with one attached hydrogen (secondary N) is 1. The molecule has 166 valence electrons. The van der Waals surface area contributed by atoms with Gasteiger partial charge in [-0.15, -0.1) is 11.3 Å². The van der Waals surface area contributed by atoms with Crippen molar-refractivity contribution in [1.29, 1.82) is 0 Å². The first-order valence-corrected chi connectivity index (χ1v) is 10.6. The molecule has 1 amide bonds. The number of phenols is 3. The van der Waals surface area contributed by atoms with Gasteiger partial charge in [-0.1, -0.05) is 54.6 Å². The van der Waals surface area contributed by atoms with Crippen molar-refractivity contribution in [2.24, 2.45) is 0 Å². The Morgan fingerprint density at radius 2 is 1.48 bits per heavy atom. The van der Waals surface area contributed by atoms with E-state index in [1.165, 1.54) is 11.3 Å². The molecule has 0 atom stereocenters. The van der Waals surface area contributed by atoms with Crippen LogP contribution in [0.2, 0.25) is 0 Å². The van der Waals surface area contributed by atoms with Gasteiger partial charge in [-0.05, 0) is 23.3 Å². The second kappa shape index (κ2) is 9.41. The number of esters is 1. The Morgan fingerprint density at radius 3 is 2.15 bits per heavy atom. The monoisotopic (exact) mass is 462 g/mol. The molecule has 0 spiro atoms. The van der Waals surface area contributed by atoms with Gasteiger partial charge in [0.25, 0.3) is 5.91 Å². The zero-order chi connectivity index (χ0) is 23.4. The largest absolute Gasteiger partial charge is 0.504 e. The number of rotatable bonds is 6. The number of aromatic hydroxyl groups is 3. The first-order chi connectivity index (χ1) is 15.9. The predicted octanol–water partition coefficient (Wildman–Crippen LogP) is 4.39. The van der Waals surface area contributed by atoms with Crippen LogP contribution in [0.3, 0.4) is 0 Å². The van der Waals surface area contributed by atoms with Crippen LogP contribution in [0.25, 0.3) is 22.4 Å². The minimum Gasteiger partial charge on any atom is -0.504 e. The number of hydrogen-bond acceptors (Lipinski definition) is 8. The van der Waals surface area contributed by atoms with Gasteiger partial charge in [0.05, 0.1) is 11.3 Å². The zero-order valence-electron chi connectivity index (χ0n) is 17.1. The van der Waals surface area contributed by atoms with Crippen LogP contribution in [0.1, 0.15) is 10.4 Å². The quantitative estimate of drug-likeness (QED) is 0.247. The van der Waals surface area contributed by atoms with E-state index in [0.29, 0.717) is 10.8 Å². The maximum Gasteiger partial charge on any atom is 0.338 e. The topological polar surface area (TPSA) is 129 Å². The van der Waals surface area contributed by atoms with Crippen molar-refractivity contribution in [2.45, 2.75) is 0 Å². The number of carbonyl (C=O) groups excluding carboxylic acids is 2. The number of carbonyl (C=O) groups is 2. The Balaban J connectivity index is 1.34. The first kappa shape index (κ1) is 21.8. The number of aromatic nitrogens is 1. The van der Waals surface area contributed by atoms with Gasteiger partial charge in [0, 0.05) is 10.9 Å². The molecule has 4 rings (SSSR count). The number of amides is 1. The van der Waals surface area contributed by atoms with Crippen LogP contribution in [0.4, 0.5) is 5.13 Å². The lowest BCUT2D eigenvalue weighted by Crippen LogP contribution is -2.20. The van der Waals surface area contributed by atoms with Crippen molar-refractivity contribution in [3.05, 3.63) is 77.7 Å². The maximum absolute atomic E-state index is 12.1. The molecule has 0 aliphatic rings. The Hall–Kier alpha value is -4.37. The van der Waals surface area contributed by atoms with Crippen LogP contribution in [-0.2, 0) is 9.53 Å². The summed E-state index contributed by atoms with van der Waals surface area (Å²) < 4.78 is 4.88. The molecule has 4 aromatic rings. The van der Waals surface area contributed by atoms with Crippen LogP contribution >= 0.6 is 11.3 Å². The van der Waals surface area contributed by atoms with E-state index in [9.17, 15) is 24.9 Å². The number of ether oxygens (including phenoxy) is 1. The number of thiazole rings is 1. The van der Waals surface area contributed by atoms with E-state index < -0.39 is 35.7 Å². The van der Waals surface area contributed by atoms with Gasteiger partial charge in [-0.3, -0.25) is 10.1 Å². The number of anilines is 1. The van der Waals surface area contributed by atoms with E-state index >= 15 is 0 Å². The summed E-state index contributed by atoms with van der Waals surface area (Å²) in [4.78, 5) is 28.5. The van der Waals surface area contributed by atoms with Gasteiger partial charge >= 0.3 is 5.97 Å². The molecule has 0 fully saturated rings. The van der Waals surface area contributed by atoms with Gasteiger partial charge in [0.1, 0.15) is 0 Å². The molecule has 9 heteroatoms. The van der Waals surface area contributed by atoms with E-state index in [1.54, 1.807) is 5.38 Å². The van der Waals surface area contributed by atoms with E-state index in [0.717, 1.165) is 28.8 Å². The summed E-state index contributed by atoms with van der Waals surface area (Å²) in [5.41, 5.74) is 3.57. The lowest BCUT2D eigenvalue weighted by molar-refractivity contribution is -0.119. The van der Waals surface area contributed by atoms with E-state index in [-0.39, 0.29) is 5.56 Å². The van der Waals surface area contributed by atoms with E-state index in [4.69, 9.17) is 4.74 Å². The Labute approximate surface area is 192 Å². The fourth-order valence-corrected chi connectivity index (χ4v) is 3.76. The average molecular weight is 462 g/mol. The second-order valence-corrected chi connectivity index (χ2v) is 7.83. The molecule has 0 saturated carbocycles. The van der Waals surface area contributed by atoms with Crippen LogP contribution in [0.15, 0.2) is 72.1 Å². The summed E-state index contributed by atoms with van der Waals surface area (Å²) in [5, 5.41) is 33.0. The minimum atomic E-state index is -0.950. The molecule has 1 heterocycles. The Kier molecular flexibility index (Phi) is 6.23. The number of phenolic OH excluding ortho intramolecular Hbond substituents is 3. The molecule has 0 radical (unpaired) electrons. The molecule has 0 unspecified atom stereocenters. The van der Waals surface area contributed by atoms with Gasteiger partial charge < -0.3 is 20.1 Å². The van der Waals surface area contributed by atoms with Gasteiger partial charge in [0.15, 0.2) is 29.0 Å². The molecule has 0 aliphatic heterocycles. The molecule has 8 nitrogen and oxygen atoms in total. The molecule has 0 bridgehead atoms. The van der Waals surface area contributed by atoms with Crippen molar-refractivity contribution in [3.63, 3.8) is 0 Å². The first-order valence-electron chi connectivity index (χ1n) is 9.74. The lowest BCUT2D eigenvalue weighted by Gasteiger charge is -2.07. The maximum atomic E-state index is 12.1. The summed E-state index contributed by atoms with van der Waals surface area (Å²) in [6.45, 7) is -0.595. The van der Waals surface area contributed by atoms with Crippen molar-refractivity contribution in [2.75, 3.05) is 11.9 Å². The van der Waals surface area contributed by atoms with Crippen LogP contribution in [0, 0.1) is 0 Å². The molecular formula is C24H18N2O6S. The predicted molar refractivity (Wildman–Crippen MR) is 123 cm³/mol. The third-order valence-corrected chi connectivity index (χ3v) is 5.44. The third-order valence-electron chi connectivity index (χ3n) is 4.68. The number of nitrogens with zero attached hydrogens (tertiary/aromatic N) is 1. The molecule has 4 N–H and O–H groups in total. The fraction of sp³-hybridized carbons (Fsp3) is 0.0417. The van der Waals surface area contributed by atoms with Gasteiger partial charge in [-0.2, -0.15) is 0 Å². The fourth-order valence-electron chi connectivity index (χ4n) is 3.02. The second-order valence-electron chi connectivity index (χ2n) is 6.97. The Morgan fingerprint density at radius 1 is 0.879 bits per heavy atom. The van der Waals surface area contributed by atoms with Crippen molar-refractivity contribution in [3.8, 4) is 39.6 Å². The highest BCUT2D eigenvalue weighted by Crippen LogP contribution is 2.35. The van der Waals surface area contributed by atoms with Crippen LogP contribution in [0.5, 0.6) is 17.2 Å². The number of hydrogen-bond donors (Lipinski definition) is 4. The molecule has 33 heavy (non-hydrogen) atoms. The van der Waals surface area contributed by atoms with Crippen molar-refractivity contribution in [1.82, 2.24) is 4.98 Å². The van der Waals surface area contributed by atoms with Crippen molar-refractivity contribution >= 4 is 28.3 Å². The molecule has 0 aliphatic carbocycles. The summed E-state index contributed by atoms with van der Waals surface area (Å²) in [6.07, 6.45) is 0. The third kappa shape index (κ3) is 5.10. The van der Waals surface area contributed by atoms with E-state index in [2.05, 4.69) is 10.3 Å². The zero-order valence-corrected chi connectivity index (χ0v) is 17.9. The van der Waals surface area contributed by atoms with E-state index in [1.807, 2.05) is 54.6 Å². The van der Waals surface area contributed by atoms with Gasteiger partial charge in [0.2, 0.25) is 0 Å². The van der Waals surface area contributed by atoms with Gasteiger partial charge in [-0.25, -0.2) is 9.78 Å². The summed E-state index contributed by atoms with van der Waals surface area (Å²) in [5.74, 6) is -3.67. The SMILES string of the molecule is O=C(COC(=O)c1cc(O)c(O)c(O)c1)Nc1nc(-c2ccc(-c3ccccc3)cc2)cs1. The standard InChI is InChI=1S/C24H18N2O6S/c27-19-10-17(11-20(28)22(19)30)23(31)32-12-21(29)26-24-25-18(13-33-24)16-8-6-15(7-9-16)14-4-2-1-3-5-14/h1-11,13,27-28,30H,12H2,(H,25,26,29).